The van der Waals surface area contributed by atoms with Crippen LogP contribution in [0.3, 0.4) is 0 Å². The molecule has 1 unspecified atom stereocenters. The van der Waals surface area contributed by atoms with Gasteiger partial charge in [-0.2, -0.15) is 0 Å². The quantitative estimate of drug-likeness (QED) is 0.766. The molecule has 1 aliphatic heterocycles. The van der Waals surface area contributed by atoms with Crippen LogP contribution in [0.1, 0.15) is 30.1 Å². The zero-order chi connectivity index (χ0) is 13.1. The Balaban J connectivity index is 2.17. The van der Waals surface area contributed by atoms with Gasteiger partial charge in [-0.1, -0.05) is 0 Å². The van der Waals surface area contributed by atoms with Crippen molar-refractivity contribution < 1.29 is 14.3 Å². The Hall–Kier alpha value is -1.84. The average molecular weight is 247 g/mol. The molecule has 1 atom stereocenters. The monoisotopic (exact) mass is 247 g/mol. The van der Waals surface area contributed by atoms with Crippen molar-refractivity contribution in [3.63, 3.8) is 0 Å². The summed E-state index contributed by atoms with van der Waals surface area (Å²) in [5.74, 6) is 0.714. The van der Waals surface area contributed by atoms with Crippen molar-refractivity contribution >= 4 is 11.7 Å². The first-order chi connectivity index (χ1) is 8.63. The lowest BCUT2D eigenvalue weighted by atomic mass is 10.0. The van der Waals surface area contributed by atoms with Gasteiger partial charge in [0, 0.05) is 19.0 Å². The van der Waals surface area contributed by atoms with Crippen LogP contribution in [0, 0.1) is 0 Å². The van der Waals surface area contributed by atoms with Gasteiger partial charge in [0.25, 0.3) is 0 Å². The van der Waals surface area contributed by atoms with Gasteiger partial charge in [-0.15, -0.1) is 0 Å². The van der Waals surface area contributed by atoms with Gasteiger partial charge in [-0.25, -0.2) is 0 Å². The third-order valence-corrected chi connectivity index (χ3v) is 3.33. The minimum atomic E-state index is -0.295. The maximum atomic E-state index is 12.3. The van der Waals surface area contributed by atoms with Crippen LogP contribution in [-0.2, 0) is 4.79 Å². The van der Waals surface area contributed by atoms with Crippen LogP contribution in [0.4, 0.5) is 0 Å². The summed E-state index contributed by atoms with van der Waals surface area (Å²) in [5, 5.41) is 0. The summed E-state index contributed by atoms with van der Waals surface area (Å²) >= 11 is 0. The third-order valence-electron chi connectivity index (χ3n) is 3.33. The number of benzene rings is 1. The molecule has 0 saturated carbocycles. The first kappa shape index (κ1) is 12.6. The SMILES string of the molecule is COc1ccc(C(=O)C2CCCN2C(C)=O)cc1. The zero-order valence-corrected chi connectivity index (χ0v) is 10.7. The van der Waals surface area contributed by atoms with Crippen LogP contribution in [0.5, 0.6) is 5.75 Å². The fourth-order valence-electron chi connectivity index (χ4n) is 2.36. The summed E-state index contributed by atoms with van der Waals surface area (Å²) in [7, 11) is 1.59. The molecule has 1 aliphatic rings. The van der Waals surface area contributed by atoms with Crippen LogP contribution >= 0.6 is 0 Å². The summed E-state index contributed by atoms with van der Waals surface area (Å²) in [6.07, 6.45) is 1.65. The van der Waals surface area contributed by atoms with Gasteiger partial charge in [0.05, 0.1) is 13.2 Å². The number of amides is 1. The minimum absolute atomic E-state index is 0.0188. The number of methoxy groups -OCH3 is 1. The summed E-state index contributed by atoms with van der Waals surface area (Å²) in [6.45, 7) is 2.20. The van der Waals surface area contributed by atoms with Gasteiger partial charge >= 0.3 is 0 Å². The van der Waals surface area contributed by atoms with E-state index < -0.39 is 0 Å². The minimum Gasteiger partial charge on any atom is -0.497 e. The Morgan fingerprint density at radius 2 is 1.94 bits per heavy atom. The number of ketones is 1. The van der Waals surface area contributed by atoms with Gasteiger partial charge in [0.2, 0.25) is 5.91 Å². The van der Waals surface area contributed by atoms with Crippen LogP contribution < -0.4 is 4.74 Å². The molecule has 1 fully saturated rings. The van der Waals surface area contributed by atoms with Gasteiger partial charge in [0.1, 0.15) is 5.75 Å². The summed E-state index contributed by atoms with van der Waals surface area (Å²) in [6, 6.07) is 6.73. The number of nitrogens with zero attached hydrogens (tertiary/aromatic N) is 1. The maximum Gasteiger partial charge on any atom is 0.220 e. The zero-order valence-electron chi connectivity index (χ0n) is 10.7. The fourth-order valence-corrected chi connectivity index (χ4v) is 2.36. The molecule has 1 saturated heterocycles. The van der Waals surface area contributed by atoms with Crippen molar-refractivity contribution in [2.24, 2.45) is 0 Å². The lowest BCUT2D eigenvalue weighted by Crippen LogP contribution is -2.39. The van der Waals surface area contributed by atoms with E-state index in [0.29, 0.717) is 12.1 Å². The van der Waals surface area contributed by atoms with E-state index in [1.54, 1.807) is 36.3 Å². The molecule has 4 heteroatoms. The van der Waals surface area contributed by atoms with Crippen molar-refractivity contribution in [1.82, 2.24) is 4.90 Å². The number of likely N-dealkylation sites (tertiary alicyclic amines) is 1. The van der Waals surface area contributed by atoms with Crippen LogP contribution in [0.15, 0.2) is 24.3 Å². The van der Waals surface area contributed by atoms with E-state index in [1.165, 1.54) is 6.92 Å². The molecule has 1 heterocycles. The Labute approximate surface area is 107 Å². The number of Topliss-reactive ketones (excluding diaryl/α,β-unsaturated/α-hetero) is 1. The number of hydrogen-bond donors (Lipinski definition) is 0. The van der Waals surface area contributed by atoms with Crippen LogP contribution in [0.2, 0.25) is 0 Å². The van der Waals surface area contributed by atoms with E-state index in [-0.39, 0.29) is 17.7 Å². The van der Waals surface area contributed by atoms with Crippen molar-refractivity contribution in [2.75, 3.05) is 13.7 Å². The second-order valence-electron chi connectivity index (χ2n) is 4.46. The molecule has 18 heavy (non-hydrogen) atoms. The maximum absolute atomic E-state index is 12.3. The molecule has 0 radical (unpaired) electrons. The van der Waals surface area contributed by atoms with Gasteiger partial charge in [-0.05, 0) is 37.1 Å². The molecule has 1 aromatic rings. The lowest BCUT2D eigenvalue weighted by molar-refractivity contribution is -0.128. The highest BCUT2D eigenvalue weighted by molar-refractivity contribution is 6.02. The molecule has 1 aromatic carbocycles. The standard InChI is InChI=1S/C14H17NO3/c1-10(16)15-9-3-4-13(15)14(17)11-5-7-12(18-2)8-6-11/h5-8,13H,3-4,9H2,1-2H3. The number of carbonyl (C=O) groups is 2. The largest absolute Gasteiger partial charge is 0.497 e. The van der Waals surface area contributed by atoms with E-state index in [9.17, 15) is 9.59 Å². The van der Waals surface area contributed by atoms with Gasteiger partial charge in [-0.3, -0.25) is 9.59 Å². The Kier molecular flexibility index (Phi) is 3.65. The van der Waals surface area contributed by atoms with E-state index >= 15 is 0 Å². The Morgan fingerprint density at radius 3 is 2.50 bits per heavy atom. The fraction of sp³-hybridized carbons (Fsp3) is 0.429. The summed E-state index contributed by atoms with van der Waals surface area (Å²) < 4.78 is 5.06. The van der Waals surface area contributed by atoms with E-state index in [4.69, 9.17) is 4.74 Å². The number of rotatable bonds is 3. The molecule has 1 amide bonds. The molecule has 96 valence electrons. The predicted molar refractivity (Wildman–Crippen MR) is 67.7 cm³/mol. The highest BCUT2D eigenvalue weighted by atomic mass is 16.5. The highest BCUT2D eigenvalue weighted by Crippen LogP contribution is 2.22. The second kappa shape index (κ2) is 5.21. The molecule has 0 N–H and O–H groups in total. The van der Waals surface area contributed by atoms with Crippen molar-refractivity contribution in [3.05, 3.63) is 29.8 Å². The van der Waals surface area contributed by atoms with Gasteiger partial charge < -0.3 is 9.64 Å². The van der Waals surface area contributed by atoms with E-state index in [2.05, 4.69) is 0 Å². The molecule has 0 spiro atoms. The smallest absolute Gasteiger partial charge is 0.220 e. The van der Waals surface area contributed by atoms with Gasteiger partial charge in [0.15, 0.2) is 5.78 Å². The first-order valence-corrected chi connectivity index (χ1v) is 6.09. The first-order valence-electron chi connectivity index (χ1n) is 6.09. The number of carbonyl (C=O) groups excluding carboxylic acids is 2. The van der Waals surface area contributed by atoms with Crippen molar-refractivity contribution in [1.29, 1.82) is 0 Å². The van der Waals surface area contributed by atoms with Crippen molar-refractivity contribution in [2.45, 2.75) is 25.8 Å². The lowest BCUT2D eigenvalue weighted by Gasteiger charge is -2.22. The van der Waals surface area contributed by atoms with Crippen LogP contribution in [-0.4, -0.2) is 36.3 Å². The molecule has 4 nitrogen and oxygen atoms in total. The molecule has 2 rings (SSSR count). The average Bonchev–Trinajstić information content (AvgIpc) is 2.87. The van der Waals surface area contributed by atoms with E-state index in [1.807, 2.05) is 0 Å². The molecule has 0 bridgehead atoms. The Bertz CT molecular complexity index is 453. The van der Waals surface area contributed by atoms with E-state index in [0.717, 1.165) is 18.6 Å². The molecule has 0 aromatic heterocycles. The molecule has 0 aliphatic carbocycles. The highest BCUT2D eigenvalue weighted by Gasteiger charge is 2.32. The molecular formula is C14H17NO3. The van der Waals surface area contributed by atoms with Crippen LogP contribution in [0.25, 0.3) is 0 Å². The second-order valence-corrected chi connectivity index (χ2v) is 4.46. The molecular weight excluding hydrogens is 230 g/mol. The number of ether oxygens (including phenoxy) is 1. The van der Waals surface area contributed by atoms with Crippen molar-refractivity contribution in [3.8, 4) is 5.75 Å². The Morgan fingerprint density at radius 1 is 1.28 bits per heavy atom. The normalized spacial score (nSPS) is 18.8. The third kappa shape index (κ3) is 2.37. The predicted octanol–water partition coefficient (Wildman–Crippen LogP) is 1.89. The topological polar surface area (TPSA) is 46.6 Å². The summed E-state index contributed by atoms with van der Waals surface area (Å²) in [5.41, 5.74) is 0.633. The summed E-state index contributed by atoms with van der Waals surface area (Å²) in [4.78, 5) is 25.4. The number of hydrogen-bond acceptors (Lipinski definition) is 3.